The average molecular weight is 347 g/mol. The van der Waals surface area contributed by atoms with Crippen LogP contribution in [0.15, 0.2) is 0 Å². The second kappa shape index (κ2) is 6.82. The van der Waals surface area contributed by atoms with Gasteiger partial charge in [-0.2, -0.15) is 0 Å². The standard InChI is InChI=1S/C18H25N3O2S/c22-17-9-13(11-21(17)10-12-5-6-12)18(23)19-8-7-16-20-14-3-1-2-4-15(14)24-16/h12-13H,1-11H2,(H,19,23). The maximum absolute atomic E-state index is 12.3. The molecule has 5 nitrogen and oxygen atoms in total. The fourth-order valence-electron chi connectivity index (χ4n) is 3.69. The van der Waals surface area contributed by atoms with Crippen molar-refractivity contribution in [1.29, 1.82) is 0 Å². The van der Waals surface area contributed by atoms with Gasteiger partial charge < -0.3 is 10.2 Å². The van der Waals surface area contributed by atoms with Crippen molar-refractivity contribution in [3.8, 4) is 0 Å². The molecule has 24 heavy (non-hydrogen) atoms. The van der Waals surface area contributed by atoms with E-state index in [2.05, 4.69) is 5.32 Å². The Labute approximate surface area is 146 Å². The highest BCUT2D eigenvalue weighted by atomic mass is 32.1. The number of hydrogen-bond acceptors (Lipinski definition) is 4. The molecule has 1 aliphatic heterocycles. The Kier molecular flexibility index (Phi) is 4.57. The Morgan fingerprint density at radius 2 is 2.12 bits per heavy atom. The van der Waals surface area contributed by atoms with Crippen molar-refractivity contribution in [2.75, 3.05) is 19.6 Å². The molecule has 0 bridgehead atoms. The molecule has 2 heterocycles. The van der Waals surface area contributed by atoms with Crippen LogP contribution in [-0.2, 0) is 28.9 Å². The fourth-order valence-corrected chi connectivity index (χ4v) is 4.84. The molecule has 2 aliphatic carbocycles. The Bertz CT molecular complexity index is 615. The summed E-state index contributed by atoms with van der Waals surface area (Å²) < 4.78 is 0. The highest BCUT2D eigenvalue weighted by Crippen LogP contribution is 2.32. The van der Waals surface area contributed by atoms with E-state index in [1.807, 2.05) is 16.2 Å². The number of nitrogens with zero attached hydrogens (tertiary/aromatic N) is 2. The molecule has 1 saturated carbocycles. The first-order valence-electron chi connectivity index (χ1n) is 9.22. The number of carbonyl (C=O) groups excluding carboxylic acids is 2. The first-order chi connectivity index (χ1) is 11.7. The Balaban J connectivity index is 1.23. The lowest BCUT2D eigenvalue weighted by Crippen LogP contribution is -2.34. The van der Waals surface area contributed by atoms with Gasteiger partial charge in [0.1, 0.15) is 0 Å². The zero-order chi connectivity index (χ0) is 16.5. The number of carbonyl (C=O) groups is 2. The van der Waals surface area contributed by atoms with Crippen LogP contribution < -0.4 is 5.32 Å². The smallest absolute Gasteiger partial charge is 0.225 e. The predicted octanol–water partition coefficient (Wildman–Crippen LogP) is 1.94. The lowest BCUT2D eigenvalue weighted by Gasteiger charge is -2.15. The summed E-state index contributed by atoms with van der Waals surface area (Å²) >= 11 is 1.81. The maximum Gasteiger partial charge on any atom is 0.225 e. The molecule has 1 unspecified atom stereocenters. The number of hydrogen-bond donors (Lipinski definition) is 1. The summed E-state index contributed by atoms with van der Waals surface area (Å²) in [5.74, 6) is 0.699. The minimum atomic E-state index is -0.166. The van der Waals surface area contributed by atoms with Gasteiger partial charge in [0.05, 0.1) is 16.6 Å². The number of amides is 2. The Hall–Kier alpha value is -1.43. The summed E-state index contributed by atoms with van der Waals surface area (Å²) in [6.45, 7) is 2.08. The van der Waals surface area contributed by atoms with E-state index >= 15 is 0 Å². The normalized spacial score (nSPS) is 23.4. The van der Waals surface area contributed by atoms with Gasteiger partial charge in [-0.3, -0.25) is 9.59 Å². The van der Waals surface area contributed by atoms with E-state index in [0.29, 0.717) is 25.4 Å². The van der Waals surface area contributed by atoms with Gasteiger partial charge in [-0.15, -0.1) is 11.3 Å². The second-order valence-corrected chi connectivity index (χ2v) is 8.54. The summed E-state index contributed by atoms with van der Waals surface area (Å²) in [5.41, 5.74) is 1.28. The van der Waals surface area contributed by atoms with Crippen LogP contribution in [-0.4, -0.2) is 41.3 Å². The predicted molar refractivity (Wildman–Crippen MR) is 92.9 cm³/mol. The van der Waals surface area contributed by atoms with Gasteiger partial charge in [-0.25, -0.2) is 4.98 Å². The summed E-state index contributed by atoms with van der Waals surface area (Å²) in [7, 11) is 0. The zero-order valence-corrected chi connectivity index (χ0v) is 14.9. The van der Waals surface area contributed by atoms with Gasteiger partial charge in [0.15, 0.2) is 0 Å². The van der Waals surface area contributed by atoms with Gasteiger partial charge >= 0.3 is 0 Å². The Morgan fingerprint density at radius 3 is 2.92 bits per heavy atom. The van der Waals surface area contributed by atoms with Crippen molar-refractivity contribution in [2.45, 2.75) is 51.4 Å². The van der Waals surface area contributed by atoms with Crippen LogP contribution in [0.25, 0.3) is 0 Å². The zero-order valence-electron chi connectivity index (χ0n) is 14.1. The molecule has 0 spiro atoms. The van der Waals surface area contributed by atoms with Crippen molar-refractivity contribution < 1.29 is 9.59 Å². The van der Waals surface area contributed by atoms with Crippen molar-refractivity contribution in [3.05, 3.63) is 15.6 Å². The molecule has 6 heteroatoms. The van der Waals surface area contributed by atoms with Crippen molar-refractivity contribution in [2.24, 2.45) is 11.8 Å². The number of thiazole rings is 1. The van der Waals surface area contributed by atoms with Crippen LogP contribution >= 0.6 is 11.3 Å². The van der Waals surface area contributed by atoms with Crippen molar-refractivity contribution in [1.82, 2.24) is 15.2 Å². The molecule has 2 fully saturated rings. The minimum Gasteiger partial charge on any atom is -0.355 e. The van der Waals surface area contributed by atoms with Gasteiger partial charge in [-0.1, -0.05) is 0 Å². The summed E-state index contributed by atoms with van der Waals surface area (Å²) in [4.78, 5) is 32.4. The SMILES string of the molecule is O=C(NCCc1nc2c(s1)CCCC2)C1CC(=O)N(CC2CC2)C1. The van der Waals surface area contributed by atoms with Crippen molar-refractivity contribution >= 4 is 23.2 Å². The quantitative estimate of drug-likeness (QED) is 0.855. The van der Waals surface area contributed by atoms with Gasteiger partial charge in [0.25, 0.3) is 0 Å². The summed E-state index contributed by atoms with van der Waals surface area (Å²) in [5, 5.41) is 4.15. The highest BCUT2D eigenvalue weighted by molar-refractivity contribution is 7.11. The molecule has 1 atom stereocenters. The molecular weight excluding hydrogens is 322 g/mol. The molecule has 0 aromatic carbocycles. The molecule has 4 rings (SSSR count). The highest BCUT2D eigenvalue weighted by Gasteiger charge is 2.36. The van der Waals surface area contributed by atoms with Crippen LogP contribution in [0.1, 0.15) is 47.7 Å². The maximum atomic E-state index is 12.3. The lowest BCUT2D eigenvalue weighted by molar-refractivity contribution is -0.129. The van der Waals surface area contributed by atoms with Crippen LogP contribution in [0.4, 0.5) is 0 Å². The first-order valence-corrected chi connectivity index (χ1v) is 10.0. The van der Waals surface area contributed by atoms with E-state index in [9.17, 15) is 9.59 Å². The van der Waals surface area contributed by atoms with E-state index in [0.717, 1.165) is 24.4 Å². The lowest BCUT2D eigenvalue weighted by atomic mass is 10.0. The van der Waals surface area contributed by atoms with Gasteiger partial charge in [0, 0.05) is 37.4 Å². The Morgan fingerprint density at radius 1 is 1.29 bits per heavy atom. The molecule has 1 aromatic heterocycles. The molecular formula is C18H25N3O2S. The number of rotatable bonds is 6. The van der Waals surface area contributed by atoms with Crippen molar-refractivity contribution in [3.63, 3.8) is 0 Å². The second-order valence-electron chi connectivity index (χ2n) is 7.37. The fraction of sp³-hybridized carbons (Fsp3) is 0.722. The average Bonchev–Trinajstić information content (AvgIpc) is 3.17. The van der Waals surface area contributed by atoms with E-state index in [4.69, 9.17) is 4.98 Å². The van der Waals surface area contributed by atoms with E-state index in [1.54, 1.807) is 0 Å². The van der Waals surface area contributed by atoms with Gasteiger partial charge in [0.2, 0.25) is 11.8 Å². The molecule has 130 valence electrons. The largest absolute Gasteiger partial charge is 0.355 e. The van der Waals surface area contributed by atoms with Crippen LogP contribution in [0.2, 0.25) is 0 Å². The minimum absolute atomic E-state index is 0.0305. The first kappa shape index (κ1) is 16.1. The molecule has 1 saturated heterocycles. The molecule has 0 radical (unpaired) electrons. The van der Waals surface area contributed by atoms with E-state index in [1.165, 1.54) is 42.7 Å². The third kappa shape index (κ3) is 3.63. The summed E-state index contributed by atoms with van der Waals surface area (Å²) in [6.07, 6.45) is 8.45. The number of nitrogens with one attached hydrogen (secondary N) is 1. The number of aromatic nitrogens is 1. The van der Waals surface area contributed by atoms with Crippen LogP contribution in [0, 0.1) is 11.8 Å². The topological polar surface area (TPSA) is 62.3 Å². The third-order valence-corrected chi connectivity index (χ3v) is 6.51. The van der Waals surface area contributed by atoms with Crippen LogP contribution in [0.3, 0.4) is 0 Å². The molecule has 1 N–H and O–H groups in total. The molecule has 1 aromatic rings. The van der Waals surface area contributed by atoms with Crippen LogP contribution in [0.5, 0.6) is 0 Å². The molecule has 3 aliphatic rings. The monoisotopic (exact) mass is 347 g/mol. The summed E-state index contributed by atoms with van der Waals surface area (Å²) in [6, 6.07) is 0. The molecule has 2 amide bonds. The van der Waals surface area contributed by atoms with Gasteiger partial charge in [-0.05, 0) is 44.4 Å². The number of fused-ring (bicyclic) bond motifs is 1. The number of likely N-dealkylation sites (tertiary alicyclic amines) is 1. The third-order valence-electron chi connectivity index (χ3n) is 5.29. The van der Waals surface area contributed by atoms with E-state index < -0.39 is 0 Å². The van der Waals surface area contributed by atoms with E-state index in [-0.39, 0.29) is 17.7 Å². The number of aryl methyl sites for hydroxylation is 2.